The van der Waals surface area contributed by atoms with Crippen LogP contribution in [0.2, 0.25) is 0 Å². The van der Waals surface area contributed by atoms with Crippen molar-refractivity contribution < 1.29 is 14.5 Å². The van der Waals surface area contributed by atoms with Gasteiger partial charge in [0.2, 0.25) is 11.6 Å². The van der Waals surface area contributed by atoms with Gasteiger partial charge >= 0.3 is 11.7 Å². The fourth-order valence-electron chi connectivity index (χ4n) is 2.86. The third-order valence-electron chi connectivity index (χ3n) is 4.27. The third-order valence-corrected chi connectivity index (χ3v) is 4.27. The van der Waals surface area contributed by atoms with Crippen LogP contribution in [0.5, 0.6) is 0 Å². The normalized spacial score (nSPS) is 11.1. The van der Waals surface area contributed by atoms with Crippen molar-refractivity contribution in [1.29, 1.82) is 0 Å². The third kappa shape index (κ3) is 6.68. The number of rotatable bonds is 9. The largest absolute Gasteiger partial charge is 0.459 e. The van der Waals surface area contributed by atoms with Gasteiger partial charge in [0, 0.05) is 13.6 Å². The number of anilines is 2. The van der Waals surface area contributed by atoms with Gasteiger partial charge in [0.05, 0.1) is 4.92 Å². The average molecular weight is 415 g/mol. The Labute approximate surface area is 176 Å². The fraction of sp³-hybridized carbons (Fsp3) is 0.476. The Balaban J connectivity index is 2.11. The van der Waals surface area contributed by atoms with Gasteiger partial charge in [-0.1, -0.05) is 31.2 Å². The van der Waals surface area contributed by atoms with Crippen molar-refractivity contribution in [2.24, 2.45) is 0 Å². The van der Waals surface area contributed by atoms with E-state index in [0.717, 1.165) is 12.0 Å². The van der Waals surface area contributed by atoms with Crippen LogP contribution < -0.4 is 10.2 Å². The lowest BCUT2D eigenvalue weighted by atomic mass is 10.1. The first-order valence-electron chi connectivity index (χ1n) is 9.84. The molecule has 0 fully saturated rings. The fourth-order valence-corrected chi connectivity index (χ4v) is 2.86. The molecule has 1 heterocycles. The van der Waals surface area contributed by atoms with Gasteiger partial charge in [-0.05, 0) is 44.7 Å². The van der Waals surface area contributed by atoms with Crippen molar-refractivity contribution in [2.45, 2.75) is 46.1 Å². The number of benzene rings is 1. The van der Waals surface area contributed by atoms with Crippen molar-refractivity contribution in [2.75, 3.05) is 30.4 Å². The van der Waals surface area contributed by atoms with E-state index in [0.29, 0.717) is 13.0 Å². The molecule has 2 aromatic rings. The topological polar surface area (TPSA) is 110 Å². The van der Waals surface area contributed by atoms with E-state index < -0.39 is 16.5 Å². The molecule has 0 aliphatic heterocycles. The second kappa shape index (κ2) is 10.00. The zero-order valence-corrected chi connectivity index (χ0v) is 18.1. The van der Waals surface area contributed by atoms with Crippen molar-refractivity contribution in [3.8, 4) is 0 Å². The first-order chi connectivity index (χ1) is 14.1. The predicted octanol–water partition coefficient (Wildman–Crippen LogP) is 3.38. The Bertz CT molecular complexity index is 878. The Morgan fingerprint density at radius 1 is 1.20 bits per heavy atom. The summed E-state index contributed by atoms with van der Waals surface area (Å²) in [5.74, 6) is -0.329. The summed E-state index contributed by atoms with van der Waals surface area (Å²) >= 11 is 0. The summed E-state index contributed by atoms with van der Waals surface area (Å²) in [5.41, 5.74) is 1.47. The highest BCUT2D eigenvalue weighted by Gasteiger charge is 2.27. The number of nitro groups is 1. The van der Waals surface area contributed by atoms with Gasteiger partial charge in [-0.15, -0.1) is 0 Å². The molecule has 9 heteroatoms. The van der Waals surface area contributed by atoms with Crippen LogP contribution in [0.4, 0.5) is 17.3 Å². The zero-order chi connectivity index (χ0) is 22.3. The maximum atomic E-state index is 12.1. The number of likely N-dealkylation sites (N-methyl/N-ethyl adjacent to an activating group) is 1. The van der Waals surface area contributed by atoms with E-state index in [9.17, 15) is 14.9 Å². The maximum absolute atomic E-state index is 12.1. The van der Waals surface area contributed by atoms with Crippen LogP contribution in [0.1, 0.15) is 38.8 Å². The van der Waals surface area contributed by atoms with Crippen LogP contribution in [-0.4, -0.2) is 46.6 Å². The highest BCUT2D eigenvalue weighted by atomic mass is 16.6. The van der Waals surface area contributed by atoms with Crippen molar-refractivity contribution in [3.63, 3.8) is 0 Å². The van der Waals surface area contributed by atoms with E-state index in [1.807, 2.05) is 0 Å². The standard InChI is InChI=1S/C21H29N5O4/c1-6-15-7-9-16(10-8-15)11-12-22-19-18(26(28)29)20(24-14-23-19)25(5)13-17(27)30-21(2,3)4/h7-10,14H,6,11-13H2,1-5H3,(H,22,23,24). The van der Waals surface area contributed by atoms with Crippen molar-refractivity contribution >= 4 is 23.3 Å². The second-order valence-corrected chi connectivity index (χ2v) is 7.94. The van der Waals surface area contributed by atoms with Crippen LogP contribution in [0, 0.1) is 10.1 Å². The molecule has 0 spiro atoms. The monoisotopic (exact) mass is 415 g/mol. The molecule has 0 saturated carbocycles. The van der Waals surface area contributed by atoms with Gasteiger partial charge in [0.15, 0.2) is 0 Å². The highest BCUT2D eigenvalue weighted by molar-refractivity contribution is 5.78. The molecule has 0 bridgehead atoms. The van der Waals surface area contributed by atoms with Gasteiger partial charge in [-0.25, -0.2) is 9.97 Å². The predicted molar refractivity (Wildman–Crippen MR) is 116 cm³/mol. The van der Waals surface area contributed by atoms with Crippen LogP contribution in [0.25, 0.3) is 0 Å². The molecule has 162 valence electrons. The Hall–Kier alpha value is -3.23. The van der Waals surface area contributed by atoms with Crippen LogP contribution in [-0.2, 0) is 22.4 Å². The number of ether oxygens (including phenoxy) is 1. The molecule has 1 aromatic heterocycles. The van der Waals surface area contributed by atoms with E-state index in [-0.39, 0.29) is 23.9 Å². The minimum absolute atomic E-state index is 0.0515. The summed E-state index contributed by atoms with van der Waals surface area (Å²) in [4.78, 5) is 32.7. The number of nitrogens with one attached hydrogen (secondary N) is 1. The minimum Gasteiger partial charge on any atom is -0.459 e. The summed E-state index contributed by atoms with van der Waals surface area (Å²) < 4.78 is 5.28. The molecule has 9 nitrogen and oxygen atoms in total. The number of carbonyl (C=O) groups is 1. The van der Waals surface area contributed by atoms with Gasteiger partial charge in [0.25, 0.3) is 0 Å². The van der Waals surface area contributed by atoms with Gasteiger partial charge in [-0.3, -0.25) is 14.9 Å². The first-order valence-corrected chi connectivity index (χ1v) is 9.84. The van der Waals surface area contributed by atoms with E-state index in [4.69, 9.17) is 4.74 Å². The molecule has 0 unspecified atom stereocenters. The van der Waals surface area contributed by atoms with E-state index in [1.54, 1.807) is 27.8 Å². The minimum atomic E-state index is -0.641. The number of hydrogen-bond donors (Lipinski definition) is 1. The number of hydrogen-bond acceptors (Lipinski definition) is 8. The SMILES string of the molecule is CCc1ccc(CCNc2ncnc(N(C)CC(=O)OC(C)(C)C)c2[N+](=O)[O-])cc1. The lowest BCUT2D eigenvalue weighted by Crippen LogP contribution is -2.33. The average Bonchev–Trinajstić information content (AvgIpc) is 2.66. The molecule has 0 aliphatic rings. The van der Waals surface area contributed by atoms with Crippen LogP contribution in [0.3, 0.4) is 0 Å². The smallest absolute Gasteiger partial charge is 0.353 e. The molecular weight excluding hydrogens is 386 g/mol. The number of aromatic nitrogens is 2. The van der Waals surface area contributed by atoms with E-state index in [2.05, 4.69) is 46.5 Å². The molecule has 2 rings (SSSR count). The molecule has 0 amide bonds. The molecule has 30 heavy (non-hydrogen) atoms. The molecule has 1 N–H and O–H groups in total. The quantitative estimate of drug-likeness (QED) is 0.377. The summed E-state index contributed by atoms with van der Waals surface area (Å²) in [6.07, 6.45) is 2.91. The van der Waals surface area contributed by atoms with Gasteiger partial charge in [0.1, 0.15) is 18.5 Å². The van der Waals surface area contributed by atoms with E-state index >= 15 is 0 Å². The summed E-state index contributed by atoms with van der Waals surface area (Å²) in [7, 11) is 1.55. The van der Waals surface area contributed by atoms with Crippen molar-refractivity contribution in [1.82, 2.24) is 9.97 Å². The van der Waals surface area contributed by atoms with Crippen LogP contribution in [0.15, 0.2) is 30.6 Å². The second-order valence-electron chi connectivity index (χ2n) is 7.94. The molecule has 0 atom stereocenters. The number of nitrogens with zero attached hydrogens (tertiary/aromatic N) is 4. The summed E-state index contributed by atoms with van der Waals surface area (Å²) in [6, 6.07) is 8.25. The van der Waals surface area contributed by atoms with Gasteiger partial charge < -0.3 is 15.0 Å². The molecule has 0 radical (unpaired) electrons. The van der Waals surface area contributed by atoms with Crippen LogP contribution >= 0.6 is 0 Å². The van der Waals surface area contributed by atoms with E-state index in [1.165, 1.54) is 16.8 Å². The summed E-state index contributed by atoms with van der Waals surface area (Å²) in [6.45, 7) is 7.68. The Morgan fingerprint density at radius 3 is 2.40 bits per heavy atom. The number of carbonyl (C=O) groups excluding carboxylic acids is 1. The maximum Gasteiger partial charge on any atom is 0.353 e. The molecule has 0 aliphatic carbocycles. The van der Waals surface area contributed by atoms with Gasteiger partial charge in [-0.2, -0.15) is 0 Å². The zero-order valence-electron chi connectivity index (χ0n) is 18.1. The molecule has 1 aromatic carbocycles. The lowest BCUT2D eigenvalue weighted by molar-refractivity contribution is -0.383. The lowest BCUT2D eigenvalue weighted by Gasteiger charge is -2.23. The summed E-state index contributed by atoms with van der Waals surface area (Å²) in [5, 5.41) is 14.7. The molecule has 0 saturated heterocycles. The Morgan fingerprint density at radius 2 is 1.83 bits per heavy atom. The molecular formula is C21H29N5O4. The first kappa shape index (κ1) is 23.1. The number of aryl methyl sites for hydroxylation is 1. The highest BCUT2D eigenvalue weighted by Crippen LogP contribution is 2.31. The van der Waals surface area contributed by atoms with Crippen molar-refractivity contribution in [3.05, 3.63) is 51.8 Å². The number of esters is 1. The Kier molecular flexibility index (Phi) is 7.68.